The fourth-order valence-electron chi connectivity index (χ4n) is 2.42. The number of rotatable bonds is 7. The van der Waals surface area contributed by atoms with Gasteiger partial charge in [0.2, 0.25) is 11.8 Å². The third-order valence-corrected chi connectivity index (χ3v) is 3.86. The second-order valence-electron chi connectivity index (χ2n) is 5.82. The Hall–Kier alpha value is -2.37. The molecule has 0 bridgehead atoms. The molecule has 1 atom stereocenters. The van der Waals surface area contributed by atoms with Gasteiger partial charge in [0, 0.05) is 25.7 Å². The van der Waals surface area contributed by atoms with E-state index in [2.05, 4.69) is 5.32 Å². The molecule has 0 fully saturated rings. The van der Waals surface area contributed by atoms with Crippen molar-refractivity contribution in [2.45, 2.75) is 33.7 Å². The molecule has 0 radical (unpaired) electrons. The summed E-state index contributed by atoms with van der Waals surface area (Å²) in [6.45, 7) is 8.54. The monoisotopic (exact) mass is 333 g/mol. The van der Waals surface area contributed by atoms with Crippen molar-refractivity contribution in [1.29, 1.82) is 0 Å². The molecule has 1 aromatic rings. The van der Waals surface area contributed by atoms with Crippen LogP contribution in [0, 0.1) is 6.92 Å². The number of hydrogen-bond acceptors (Lipinski definition) is 3. The predicted molar refractivity (Wildman–Crippen MR) is 93.7 cm³/mol. The molecule has 132 valence electrons. The van der Waals surface area contributed by atoms with Gasteiger partial charge in [0.15, 0.2) is 0 Å². The SMILES string of the molecule is CCN(CC)C(=O)CN(C)C(=O)C(C)NC(=O)c1cccc(C)c1. The van der Waals surface area contributed by atoms with Gasteiger partial charge in [-0.15, -0.1) is 0 Å². The average Bonchev–Trinajstić information content (AvgIpc) is 2.54. The molecule has 3 amide bonds. The van der Waals surface area contributed by atoms with E-state index in [-0.39, 0.29) is 24.3 Å². The van der Waals surface area contributed by atoms with Gasteiger partial charge in [-0.1, -0.05) is 17.7 Å². The molecular formula is C18H27N3O3. The summed E-state index contributed by atoms with van der Waals surface area (Å²) in [5, 5.41) is 2.68. The molecule has 24 heavy (non-hydrogen) atoms. The van der Waals surface area contributed by atoms with Crippen LogP contribution in [0.1, 0.15) is 36.7 Å². The van der Waals surface area contributed by atoms with Crippen molar-refractivity contribution in [2.75, 3.05) is 26.7 Å². The molecule has 0 aliphatic rings. The lowest BCUT2D eigenvalue weighted by molar-refractivity contribution is -0.140. The highest BCUT2D eigenvalue weighted by Gasteiger charge is 2.23. The highest BCUT2D eigenvalue weighted by molar-refractivity contribution is 5.98. The molecular weight excluding hydrogens is 306 g/mol. The number of aryl methyl sites for hydroxylation is 1. The summed E-state index contributed by atoms with van der Waals surface area (Å²) in [4.78, 5) is 39.6. The average molecular weight is 333 g/mol. The normalized spacial score (nSPS) is 11.5. The van der Waals surface area contributed by atoms with E-state index >= 15 is 0 Å². The quantitative estimate of drug-likeness (QED) is 0.821. The number of carbonyl (C=O) groups excluding carboxylic acids is 3. The molecule has 0 spiro atoms. The van der Waals surface area contributed by atoms with Crippen LogP contribution in [0.3, 0.4) is 0 Å². The number of likely N-dealkylation sites (N-methyl/N-ethyl adjacent to an activating group) is 2. The summed E-state index contributed by atoms with van der Waals surface area (Å²) in [7, 11) is 1.57. The number of hydrogen-bond donors (Lipinski definition) is 1. The van der Waals surface area contributed by atoms with E-state index < -0.39 is 6.04 Å². The van der Waals surface area contributed by atoms with Gasteiger partial charge in [-0.2, -0.15) is 0 Å². The topological polar surface area (TPSA) is 69.7 Å². The lowest BCUT2D eigenvalue weighted by atomic mass is 10.1. The minimum Gasteiger partial charge on any atom is -0.342 e. The van der Waals surface area contributed by atoms with Gasteiger partial charge in [-0.25, -0.2) is 0 Å². The minimum absolute atomic E-state index is 0.00513. The minimum atomic E-state index is -0.701. The zero-order valence-corrected chi connectivity index (χ0v) is 15.1. The number of nitrogens with one attached hydrogen (secondary N) is 1. The molecule has 1 N–H and O–H groups in total. The lowest BCUT2D eigenvalue weighted by Crippen LogP contribution is -2.48. The van der Waals surface area contributed by atoms with Crippen molar-refractivity contribution in [3.8, 4) is 0 Å². The Bertz CT molecular complexity index is 597. The van der Waals surface area contributed by atoms with Gasteiger partial charge in [0.05, 0.1) is 6.54 Å². The summed E-state index contributed by atoms with van der Waals surface area (Å²) in [5.74, 6) is -0.701. The van der Waals surface area contributed by atoms with Crippen molar-refractivity contribution in [3.63, 3.8) is 0 Å². The number of nitrogens with zero attached hydrogens (tertiary/aromatic N) is 2. The zero-order chi connectivity index (χ0) is 18.3. The fraction of sp³-hybridized carbons (Fsp3) is 0.500. The maximum absolute atomic E-state index is 12.4. The van der Waals surface area contributed by atoms with Gasteiger partial charge in [0.25, 0.3) is 5.91 Å². The van der Waals surface area contributed by atoms with Gasteiger partial charge < -0.3 is 15.1 Å². The van der Waals surface area contributed by atoms with Crippen LogP contribution in [-0.2, 0) is 9.59 Å². The van der Waals surface area contributed by atoms with Crippen LogP contribution in [0.2, 0.25) is 0 Å². The molecule has 6 heteroatoms. The number of benzene rings is 1. The first kappa shape index (κ1) is 19.7. The molecule has 1 rings (SSSR count). The van der Waals surface area contributed by atoms with E-state index in [9.17, 15) is 14.4 Å². The Morgan fingerprint density at radius 1 is 1.17 bits per heavy atom. The van der Waals surface area contributed by atoms with E-state index in [0.29, 0.717) is 18.7 Å². The lowest BCUT2D eigenvalue weighted by Gasteiger charge is -2.25. The molecule has 0 aromatic heterocycles. The maximum atomic E-state index is 12.4. The van der Waals surface area contributed by atoms with Gasteiger partial charge in [-0.3, -0.25) is 14.4 Å². The van der Waals surface area contributed by atoms with E-state index in [4.69, 9.17) is 0 Å². The summed E-state index contributed by atoms with van der Waals surface area (Å²) in [6, 6.07) is 6.46. The Labute approximate surface area is 143 Å². The number of carbonyl (C=O) groups is 3. The Morgan fingerprint density at radius 3 is 2.33 bits per heavy atom. The van der Waals surface area contributed by atoms with Crippen LogP contribution >= 0.6 is 0 Å². The molecule has 0 saturated heterocycles. The predicted octanol–water partition coefficient (Wildman–Crippen LogP) is 1.44. The molecule has 0 heterocycles. The zero-order valence-electron chi connectivity index (χ0n) is 15.1. The van der Waals surface area contributed by atoms with Gasteiger partial charge in [-0.05, 0) is 39.8 Å². The molecule has 6 nitrogen and oxygen atoms in total. The Kier molecular flexibility index (Phi) is 7.42. The fourth-order valence-corrected chi connectivity index (χ4v) is 2.42. The summed E-state index contributed by atoms with van der Waals surface area (Å²) in [6.07, 6.45) is 0. The van der Waals surface area contributed by atoms with Crippen molar-refractivity contribution < 1.29 is 14.4 Å². The molecule has 1 unspecified atom stereocenters. The van der Waals surface area contributed by atoms with Crippen molar-refractivity contribution in [1.82, 2.24) is 15.1 Å². The molecule has 1 aromatic carbocycles. The van der Waals surface area contributed by atoms with Crippen molar-refractivity contribution in [2.24, 2.45) is 0 Å². The van der Waals surface area contributed by atoms with Crippen LogP contribution in [-0.4, -0.2) is 60.2 Å². The second-order valence-corrected chi connectivity index (χ2v) is 5.82. The first-order chi connectivity index (χ1) is 11.3. The highest BCUT2D eigenvalue weighted by Crippen LogP contribution is 2.05. The largest absolute Gasteiger partial charge is 0.342 e. The van der Waals surface area contributed by atoms with E-state index in [0.717, 1.165) is 5.56 Å². The maximum Gasteiger partial charge on any atom is 0.251 e. The third-order valence-electron chi connectivity index (χ3n) is 3.86. The van der Waals surface area contributed by atoms with Gasteiger partial charge in [0.1, 0.15) is 6.04 Å². The number of amides is 3. The van der Waals surface area contributed by atoms with Crippen LogP contribution in [0.15, 0.2) is 24.3 Å². The molecule has 0 aliphatic heterocycles. The Morgan fingerprint density at radius 2 is 1.79 bits per heavy atom. The smallest absolute Gasteiger partial charge is 0.251 e. The van der Waals surface area contributed by atoms with Crippen molar-refractivity contribution >= 4 is 17.7 Å². The van der Waals surface area contributed by atoms with Crippen LogP contribution in [0.4, 0.5) is 0 Å². The van der Waals surface area contributed by atoms with E-state index in [1.807, 2.05) is 26.8 Å². The van der Waals surface area contributed by atoms with Gasteiger partial charge >= 0.3 is 0 Å². The Balaban J connectivity index is 2.63. The summed E-state index contributed by atoms with van der Waals surface area (Å²) >= 11 is 0. The van der Waals surface area contributed by atoms with Crippen molar-refractivity contribution in [3.05, 3.63) is 35.4 Å². The van der Waals surface area contributed by atoms with Crippen LogP contribution in [0.25, 0.3) is 0 Å². The standard InChI is InChI=1S/C18H27N3O3/c1-6-21(7-2)16(22)12-20(5)18(24)14(4)19-17(23)15-10-8-9-13(3)11-15/h8-11,14H,6-7,12H2,1-5H3,(H,19,23). The van der Waals surface area contributed by atoms with E-state index in [1.54, 1.807) is 37.1 Å². The molecule has 0 aliphatic carbocycles. The summed E-state index contributed by atoms with van der Waals surface area (Å²) < 4.78 is 0. The van der Waals surface area contributed by atoms with Crippen LogP contribution in [0.5, 0.6) is 0 Å². The third kappa shape index (κ3) is 5.37. The van der Waals surface area contributed by atoms with E-state index in [1.165, 1.54) is 4.90 Å². The second kappa shape index (κ2) is 9.05. The first-order valence-electron chi connectivity index (χ1n) is 8.20. The first-order valence-corrected chi connectivity index (χ1v) is 8.20. The van der Waals surface area contributed by atoms with Crippen LogP contribution < -0.4 is 5.32 Å². The highest BCUT2D eigenvalue weighted by atomic mass is 16.2. The molecule has 0 saturated carbocycles. The summed E-state index contributed by atoms with van der Waals surface area (Å²) in [5.41, 5.74) is 1.49.